The highest BCUT2D eigenvalue weighted by molar-refractivity contribution is 5.65. The van der Waals surface area contributed by atoms with Crippen LogP contribution in [0.2, 0.25) is 0 Å². The third-order valence-electron chi connectivity index (χ3n) is 2.85. The molecule has 0 saturated carbocycles. The lowest BCUT2D eigenvalue weighted by atomic mass is 10.1. The second-order valence-electron chi connectivity index (χ2n) is 4.00. The van der Waals surface area contributed by atoms with Crippen molar-refractivity contribution >= 4 is 0 Å². The molecule has 0 amide bonds. The second-order valence-corrected chi connectivity index (χ2v) is 4.00. The van der Waals surface area contributed by atoms with Crippen LogP contribution < -0.4 is 5.32 Å². The maximum absolute atomic E-state index is 4.38. The van der Waals surface area contributed by atoms with Crippen LogP contribution in [0.1, 0.15) is 16.8 Å². The van der Waals surface area contributed by atoms with E-state index in [1.54, 1.807) is 0 Å². The van der Waals surface area contributed by atoms with E-state index in [1.165, 1.54) is 22.4 Å². The van der Waals surface area contributed by atoms with Crippen LogP contribution >= 0.6 is 0 Å². The molecule has 0 bridgehead atoms. The van der Waals surface area contributed by atoms with Crippen LogP contribution in [0.3, 0.4) is 0 Å². The molecule has 3 rings (SSSR count). The van der Waals surface area contributed by atoms with E-state index < -0.39 is 0 Å². The van der Waals surface area contributed by atoms with Crippen molar-refractivity contribution in [3.8, 4) is 11.3 Å². The average Bonchev–Trinajstić information content (AvgIpc) is 2.77. The van der Waals surface area contributed by atoms with E-state index in [0.29, 0.717) is 0 Å². The summed E-state index contributed by atoms with van der Waals surface area (Å²) in [6, 6.07) is 8.47. The smallest absolute Gasteiger partial charge is 0.0969 e. The zero-order valence-corrected chi connectivity index (χ0v) is 8.67. The monoisotopic (exact) mass is 199 g/mol. The summed E-state index contributed by atoms with van der Waals surface area (Å²) in [4.78, 5) is 0. The first kappa shape index (κ1) is 8.68. The number of fused-ring (bicyclic) bond motifs is 1. The summed E-state index contributed by atoms with van der Waals surface area (Å²) in [6.07, 6.45) is 0. The van der Waals surface area contributed by atoms with Crippen molar-refractivity contribution in [1.29, 1.82) is 0 Å². The molecule has 2 aromatic rings. The van der Waals surface area contributed by atoms with E-state index in [0.717, 1.165) is 18.8 Å². The molecule has 1 aromatic carbocycles. The molecule has 2 N–H and O–H groups in total. The minimum atomic E-state index is 0.911. The van der Waals surface area contributed by atoms with Crippen molar-refractivity contribution in [2.75, 3.05) is 0 Å². The molecule has 0 fully saturated rings. The van der Waals surface area contributed by atoms with Crippen molar-refractivity contribution in [2.24, 2.45) is 0 Å². The van der Waals surface area contributed by atoms with Crippen molar-refractivity contribution in [3.05, 3.63) is 41.1 Å². The number of aromatic amines is 1. The van der Waals surface area contributed by atoms with Gasteiger partial charge in [0.05, 0.1) is 11.4 Å². The van der Waals surface area contributed by atoms with Gasteiger partial charge in [-0.15, -0.1) is 0 Å². The lowest BCUT2D eigenvalue weighted by Gasteiger charge is -2.00. The number of H-pyrrole nitrogens is 1. The fourth-order valence-electron chi connectivity index (χ4n) is 2.08. The highest BCUT2D eigenvalue weighted by Crippen LogP contribution is 2.26. The third-order valence-corrected chi connectivity index (χ3v) is 2.85. The van der Waals surface area contributed by atoms with E-state index in [2.05, 4.69) is 46.7 Å². The van der Waals surface area contributed by atoms with Crippen LogP contribution in [0.15, 0.2) is 24.3 Å². The molecular formula is C12H13N3. The Morgan fingerprint density at radius 1 is 1.27 bits per heavy atom. The first-order valence-electron chi connectivity index (χ1n) is 5.18. The predicted molar refractivity (Wildman–Crippen MR) is 59.3 cm³/mol. The van der Waals surface area contributed by atoms with Crippen LogP contribution in [0.5, 0.6) is 0 Å². The Balaban J connectivity index is 2.13. The number of nitrogens with one attached hydrogen (secondary N) is 2. The standard InChI is InChI=1S/C12H13N3/c1-8-3-2-4-9(5-8)12-10-6-13-7-11(10)14-15-12/h2-5,13H,6-7H2,1H3,(H,14,15). The van der Waals surface area contributed by atoms with Gasteiger partial charge in [0.15, 0.2) is 0 Å². The van der Waals surface area contributed by atoms with Crippen LogP contribution in [-0.2, 0) is 13.1 Å². The van der Waals surface area contributed by atoms with Crippen LogP contribution in [0, 0.1) is 6.92 Å². The molecule has 76 valence electrons. The lowest BCUT2D eigenvalue weighted by molar-refractivity contribution is 0.743. The number of nitrogens with zero attached hydrogens (tertiary/aromatic N) is 1. The van der Waals surface area contributed by atoms with Gasteiger partial charge in [0, 0.05) is 24.2 Å². The van der Waals surface area contributed by atoms with Crippen molar-refractivity contribution in [1.82, 2.24) is 15.5 Å². The maximum Gasteiger partial charge on any atom is 0.0969 e. The minimum Gasteiger partial charge on any atom is -0.307 e. The zero-order chi connectivity index (χ0) is 10.3. The summed E-state index contributed by atoms with van der Waals surface area (Å²) >= 11 is 0. The van der Waals surface area contributed by atoms with Crippen molar-refractivity contribution in [2.45, 2.75) is 20.0 Å². The van der Waals surface area contributed by atoms with Gasteiger partial charge in [0.2, 0.25) is 0 Å². The largest absolute Gasteiger partial charge is 0.307 e. The summed E-state index contributed by atoms with van der Waals surface area (Å²) < 4.78 is 0. The Labute approximate surface area is 88.5 Å². The highest BCUT2D eigenvalue weighted by atomic mass is 15.2. The summed E-state index contributed by atoms with van der Waals surface area (Å²) in [5.41, 5.74) is 6.12. The normalized spacial score (nSPS) is 14.2. The molecule has 0 saturated heterocycles. The highest BCUT2D eigenvalue weighted by Gasteiger charge is 2.18. The molecule has 3 nitrogen and oxygen atoms in total. The topological polar surface area (TPSA) is 40.7 Å². The SMILES string of the molecule is Cc1cccc(-c2n[nH]c3c2CNC3)c1. The molecule has 0 unspecified atom stereocenters. The molecule has 1 aliphatic rings. The minimum absolute atomic E-state index is 0.911. The van der Waals surface area contributed by atoms with Crippen LogP contribution in [0.4, 0.5) is 0 Å². The van der Waals surface area contributed by atoms with Crippen LogP contribution in [-0.4, -0.2) is 10.2 Å². The van der Waals surface area contributed by atoms with Gasteiger partial charge >= 0.3 is 0 Å². The van der Waals surface area contributed by atoms with E-state index in [9.17, 15) is 0 Å². The molecule has 1 aromatic heterocycles. The van der Waals surface area contributed by atoms with E-state index in [1.807, 2.05) is 0 Å². The van der Waals surface area contributed by atoms with Gasteiger partial charge in [-0.3, -0.25) is 5.10 Å². The zero-order valence-electron chi connectivity index (χ0n) is 8.67. The fourth-order valence-corrected chi connectivity index (χ4v) is 2.08. The molecule has 2 heterocycles. The Morgan fingerprint density at radius 3 is 3.07 bits per heavy atom. The van der Waals surface area contributed by atoms with Gasteiger partial charge < -0.3 is 5.32 Å². The fraction of sp³-hybridized carbons (Fsp3) is 0.250. The summed E-state index contributed by atoms with van der Waals surface area (Å²) in [5, 5.41) is 10.8. The van der Waals surface area contributed by atoms with E-state index >= 15 is 0 Å². The lowest BCUT2D eigenvalue weighted by Crippen LogP contribution is -2.02. The van der Waals surface area contributed by atoms with Crippen molar-refractivity contribution < 1.29 is 0 Å². The summed E-state index contributed by atoms with van der Waals surface area (Å²) in [5.74, 6) is 0. The Kier molecular flexibility index (Phi) is 1.86. The number of hydrogen-bond donors (Lipinski definition) is 2. The number of rotatable bonds is 1. The molecular weight excluding hydrogens is 186 g/mol. The Bertz CT molecular complexity index is 499. The van der Waals surface area contributed by atoms with E-state index in [4.69, 9.17) is 0 Å². The van der Waals surface area contributed by atoms with Gasteiger partial charge in [-0.25, -0.2) is 0 Å². The number of hydrogen-bond acceptors (Lipinski definition) is 2. The molecule has 1 aliphatic heterocycles. The first-order valence-corrected chi connectivity index (χ1v) is 5.18. The quantitative estimate of drug-likeness (QED) is 0.737. The number of benzene rings is 1. The molecule has 0 aliphatic carbocycles. The maximum atomic E-state index is 4.38. The molecule has 15 heavy (non-hydrogen) atoms. The Morgan fingerprint density at radius 2 is 2.20 bits per heavy atom. The van der Waals surface area contributed by atoms with Gasteiger partial charge in [0.1, 0.15) is 0 Å². The molecule has 3 heteroatoms. The summed E-state index contributed by atoms with van der Waals surface area (Å²) in [6.45, 7) is 3.94. The Hall–Kier alpha value is -1.61. The second kappa shape index (κ2) is 3.21. The first-order chi connectivity index (χ1) is 7.34. The van der Waals surface area contributed by atoms with Crippen LogP contribution in [0.25, 0.3) is 11.3 Å². The van der Waals surface area contributed by atoms with Crippen molar-refractivity contribution in [3.63, 3.8) is 0 Å². The average molecular weight is 199 g/mol. The predicted octanol–water partition coefficient (Wildman–Crippen LogP) is 1.99. The van der Waals surface area contributed by atoms with Gasteiger partial charge in [-0.1, -0.05) is 23.8 Å². The van der Waals surface area contributed by atoms with E-state index in [-0.39, 0.29) is 0 Å². The molecule has 0 radical (unpaired) electrons. The third kappa shape index (κ3) is 1.36. The number of aromatic nitrogens is 2. The van der Waals surface area contributed by atoms with Gasteiger partial charge in [0.25, 0.3) is 0 Å². The molecule has 0 atom stereocenters. The molecule has 0 spiro atoms. The van der Waals surface area contributed by atoms with Gasteiger partial charge in [-0.05, 0) is 13.0 Å². The summed E-state index contributed by atoms with van der Waals surface area (Å²) in [7, 11) is 0. The van der Waals surface area contributed by atoms with Gasteiger partial charge in [-0.2, -0.15) is 5.10 Å². The number of aryl methyl sites for hydroxylation is 1.